The van der Waals surface area contributed by atoms with Crippen LogP contribution in [-0.4, -0.2) is 24.3 Å². The second-order valence-corrected chi connectivity index (χ2v) is 6.01. The zero-order valence-corrected chi connectivity index (χ0v) is 13.7. The topological polar surface area (TPSA) is 64.6 Å². The van der Waals surface area contributed by atoms with Gasteiger partial charge >= 0.3 is 12.1 Å². The zero-order chi connectivity index (χ0) is 16.6. The predicted molar refractivity (Wildman–Crippen MR) is 84.4 cm³/mol. The number of ether oxygens (including phenoxy) is 2. The highest BCUT2D eigenvalue weighted by Crippen LogP contribution is 2.16. The first-order valence-electron chi connectivity index (χ1n) is 7.54. The molecule has 1 rings (SSSR count). The van der Waals surface area contributed by atoms with E-state index < -0.39 is 23.7 Å². The van der Waals surface area contributed by atoms with Gasteiger partial charge in [-0.3, -0.25) is 0 Å². The van der Waals surface area contributed by atoms with Crippen LogP contribution in [0.25, 0.3) is 0 Å². The van der Waals surface area contributed by atoms with Crippen molar-refractivity contribution in [2.75, 3.05) is 6.61 Å². The highest BCUT2D eigenvalue weighted by Gasteiger charge is 2.26. The zero-order valence-electron chi connectivity index (χ0n) is 13.7. The fourth-order valence-electron chi connectivity index (χ4n) is 1.75. The number of rotatable bonds is 6. The second kappa shape index (κ2) is 8.41. The largest absolute Gasteiger partial charge is 0.464 e. The van der Waals surface area contributed by atoms with Crippen LogP contribution in [0, 0.1) is 0 Å². The Morgan fingerprint density at radius 3 is 2.36 bits per heavy atom. The maximum atomic E-state index is 12.2. The van der Waals surface area contributed by atoms with Gasteiger partial charge in [0.05, 0.1) is 6.61 Å². The summed E-state index contributed by atoms with van der Waals surface area (Å²) in [6.45, 7) is 7.66. The Hall–Kier alpha value is -2.04. The van der Waals surface area contributed by atoms with Gasteiger partial charge < -0.3 is 14.8 Å². The molecule has 0 radical (unpaired) electrons. The molecule has 5 heteroatoms. The molecule has 0 aliphatic rings. The lowest BCUT2D eigenvalue weighted by Crippen LogP contribution is -2.38. The quantitative estimate of drug-likeness (QED) is 0.644. The lowest BCUT2D eigenvalue weighted by molar-refractivity contribution is -0.146. The molecule has 1 aromatic carbocycles. The molecular weight excluding hydrogens is 282 g/mol. The molecule has 0 fully saturated rings. The Morgan fingerprint density at radius 1 is 1.18 bits per heavy atom. The minimum absolute atomic E-state index is 0.342. The van der Waals surface area contributed by atoms with E-state index in [0.717, 1.165) is 12.8 Å². The fourth-order valence-corrected chi connectivity index (χ4v) is 1.75. The fraction of sp³-hybridized carbons (Fsp3) is 0.529. The van der Waals surface area contributed by atoms with Crippen molar-refractivity contribution in [2.45, 2.75) is 52.2 Å². The Bertz CT molecular complexity index is 479. The molecule has 0 saturated carbocycles. The molecule has 5 nitrogen and oxygen atoms in total. The second-order valence-electron chi connectivity index (χ2n) is 6.01. The van der Waals surface area contributed by atoms with E-state index in [9.17, 15) is 9.59 Å². The summed E-state index contributed by atoms with van der Waals surface area (Å²) < 4.78 is 10.4. The van der Waals surface area contributed by atoms with Crippen molar-refractivity contribution in [2.24, 2.45) is 0 Å². The summed E-state index contributed by atoms with van der Waals surface area (Å²) in [4.78, 5) is 24.2. The van der Waals surface area contributed by atoms with Crippen LogP contribution < -0.4 is 5.32 Å². The van der Waals surface area contributed by atoms with Crippen LogP contribution in [0.4, 0.5) is 4.79 Å². The van der Waals surface area contributed by atoms with Crippen LogP contribution in [-0.2, 0) is 14.3 Å². The molecule has 0 aromatic heterocycles. The first-order chi connectivity index (χ1) is 10.3. The van der Waals surface area contributed by atoms with Crippen LogP contribution in [0.1, 0.15) is 52.1 Å². The molecule has 22 heavy (non-hydrogen) atoms. The van der Waals surface area contributed by atoms with Gasteiger partial charge in [-0.15, -0.1) is 0 Å². The van der Waals surface area contributed by atoms with E-state index in [-0.39, 0.29) is 0 Å². The number of hydrogen-bond donors (Lipinski definition) is 1. The molecule has 1 atom stereocenters. The number of benzene rings is 1. The normalized spacial score (nSPS) is 12.4. The summed E-state index contributed by atoms with van der Waals surface area (Å²) in [7, 11) is 0. The van der Waals surface area contributed by atoms with Gasteiger partial charge in [0, 0.05) is 0 Å². The summed E-state index contributed by atoms with van der Waals surface area (Å²) in [5, 5.41) is 2.58. The van der Waals surface area contributed by atoms with Crippen molar-refractivity contribution < 1.29 is 19.1 Å². The number of carbonyl (C=O) groups excluding carboxylic acids is 2. The molecule has 1 N–H and O–H groups in total. The molecule has 0 saturated heterocycles. The molecule has 0 bridgehead atoms. The molecule has 0 heterocycles. The van der Waals surface area contributed by atoms with Gasteiger partial charge in [0.1, 0.15) is 5.60 Å². The molecule has 0 aliphatic carbocycles. The van der Waals surface area contributed by atoms with Crippen molar-refractivity contribution in [1.82, 2.24) is 5.32 Å². The number of unbranched alkanes of at least 4 members (excludes halogenated alkanes) is 1. The lowest BCUT2D eigenvalue weighted by atomic mass is 10.1. The van der Waals surface area contributed by atoms with Crippen LogP contribution in [0.5, 0.6) is 0 Å². The van der Waals surface area contributed by atoms with Gasteiger partial charge in [-0.05, 0) is 32.8 Å². The standard InChI is InChI=1S/C17H25NO4/c1-5-6-12-21-15(19)14(13-10-8-7-9-11-13)18-16(20)22-17(2,3)4/h7-11,14H,5-6,12H2,1-4H3,(H,18,20). The van der Waals surface area contributed by atoms with Crippen molar-refractivity contribution in [3.05, 3.63) is 35.9 Å². The lowest BCUT2D eigenvalue weighted by Gasteiger charge is -2.23. The molecule has 0 aliphatic heterocycles. The first kappa shape index (κ1) is 18.0. The monoisotopic (exact) mass is 307 g/mol. The number of carbonyl (C=O) groups is 2. The van der Waals surface area contributed by atoms with E-state index >= 15 is 0 Å². The van der Waals surface area contributed by atoms with Crippen molar-refractivity contribution in [1.29, 1.82) is 0 Å². The van der Waals surface area contributed by atoms with E-state index in [2.05, 4.69) is 5.32 Å². The third-order valence-electron chi connectivity index (χ3n) is 2.77. The molecule has 1 amide bonds. The minimum Gasteiger partial charge on any atom is -0.464 e. The summed E-state index contributed by atoms with van der Waals surface area (Å²) >= 11 is 0. The Morgan fingerprint density at radius 2 is 1.82 bits per heavy atom. The van der Waals surface area contributed by atoms with Crippen molar-refractivity contribution in [3.63, 3.8) is 0 Å². The maximum Gasteiger partial charge on any atom is 0.408 e. The molecule has 122 valence electrons. The Balaban J connectivity index is 2.79. The first-order valence-corrected chi connectivity index (χ1v) is 7.54. The van der Waals surface area contributed by atoms with Crippen LogP contribution in [0.2, 0.25) is 0 Å². The summed E-state index contributed by atoms with van der Waals surface area (Å²) in [6, 6.07) is 8.12. The van der Waals surface area contributed by atoms with Crippen LogP contribution in [0.15, 0.2) is 30.3 Å². The number of hydrogen-bond acceptors (Lipinski definition) is 4. The van der Waals surface area contributed by atoms with Gasteiger partial charge in [-0.25, -0.2) is 9.59 Å². The van der Waals surface area contributed by atoms with Crippen molar-refractivity contribution >= 4 is 12.1 Å². The van der Waals surface area contributed by atoms with Crippen LogP contribution >= 0.6 is 0 Å². The van der Waals surface area contributed by atoms with E-state index in [1.165, 1.54) is 0 Å². The van der Waals surface area contributed by atoms with Crippen molar-refractivity contribution in [3.8, 4) is 0 Å². The predicted octanol–water partition coefficient (Wildman–Crippen LogP) is 3.60. The number of alkyl carbamates (subject to hydrolysis) is 1. The minimum atomic E-state index is -0.868. The van der Waals surface area contributed by atoms with E-state index in [1.807, 2.05) is 13.0 Å². The Labute approximate surface area is 132 Å². The third kappa shape index (κ3) is 6.61. The molecule has 1 aromatic rings. The smallest absolute Gasteiger partial charge is 0.408 e. The van der Waals surface area contributed by atoms with Gasteiger partial charge in [-0.1, -0.05) is 43.7 Å². The maximum absolute atomic E-state index is 12.2. The SMILES string of the molecule is CCCCOC(=O)C(NC(=O)OC(C)(C)C)c1ccccc1. The van der Waals surface area contributed by atoms with Gasteiger partial charge in [0.2, 0.25) is 0 Å². The summed E-state index contributed by atoms with van der Waals surface area (Å²) in [6.07, 6.45) is 1.08. The molecular formula is C17H25NO4. The van der Waals surface area contributed by atoms with Gasteiger partial charge in [-0.2, -0.15) is 0 Å². The third-order valence-corrected chi connectivity index (χ3v) is 2.77. The summed E-state index contributed by atoms with van der Waals surface area (Å²) in [5.41, 5.74) is 0.0344. The Kier molecular flexibility index (Phi) is 6.89. The molecule has 1 unspecified atom stereocenters. The number of amides is 1. The molecule has 0 spiro atoms. The average Bonchev–Trinajstić information content (AvgIpc) is 2.44. The van der Waals surface area contributed by atoms with Gasteiger partial charge in [0.25, 0.3) is 0 Å². The summed E-state index contributed by atoms with van der Waals surface area (Å²) in [5.74, 6) is -0.481. The van der Waals surface area contributed by atoms with E-state index in [0.29, 0.717) is 12.2 Å². The van der Waals surface area contributed by atoms with Gasteiger partial charge in [0.15, 0.2) is 6.04 Å². The number of esters is 1. The van der Waals surface area contributed by atoms with Crippen LogP contribution in [0.3, 0.4) is 0 Å². The number of nitrogens with one attached hydrogen (secondary N) is 1. The van der Waals surface area contributed by atoms with E-state index in [1.54, 1.807) is 45.0 Å². The average molecular weight is 307 g/mol. The van der Waals surface area contributed by atoms with E-state index in [4.69, 9.17) is 9.47 Å². The highest BCUT2D eigenvalue weighted by atomic mass is 16.6. The highest BCUT2D eigenvalue weighted by molar-refractivity contribution is 5.82.